The molecule has 0 atom stereocenters. The number of aliphatic hydroxyl groups is 1. The van der Waals surface area contributed by atoms with Crippen molar-refractivity contribution in [3.05, 3.63) is 42.2 Å². The minimum Gasteiger partial charge on any atom is -0.479 e. The highest BCUT2D eigenvalue weighted by Gasteiger charge is 2.00. The van der Waals surface area contributed by atoms with E-state index < -0.39 is 0 Å². The Hall–Kier alpha value is -2.52. The maximum absolute atomic E-state index is 8.82. The van der Waals surface area contributed by atoms with Gasteiger partial charge in [-0.3, -0.25) is 4.68 Å². The van der Waals surface area contributed by atoms with Gasteiger partial charge in [0.2, 0.25) is 0 Å². The first kappa shape index (κ1) is 13.9. The summed E-state index contributed by atoms with van der Waals surface area (Å²) in [6, 6.07) is 9.38. The molecule has 6 nitrogen and oxygen atoms in total. The molecule has 0 bridgehead atoms. The molecule has 1 heterocycles. The smallest absolute Gasteiger partial charge is 0.174 e. The average Bonchev–Trinajstić information content (AvgIpc) is 2.92. The molecule has 1 aromatic heterocycles. The van der Waals surface area contributed by atoms with Crippen molar-refractivity contribution in [3.63, 3.8) is 0 Å². The van der Waals surface area contributed by atoms with Gasteiger partial charge in [0.1, 0.15) is 11.8 Å². The lowest BCUT2D eigenvalue weighted by Gasteiger charge is -2.07. The van der Waals surface area contributed by atoms with Gasteiger partial charge in [0.15, 0.2) is 6.61 Å². The monoisotopic (exact) mass is 272 g/mol. The van der Waals surface area contributed by atoms with Crippen molar-refractivity contribution < 1.29 is 9.84 Å². The molecule has 20 heavy (non-hydrogen) atoms. The molecule has 0 aliphatic heterocycles. The van der Waals surface area contributed by atoms with Gasteiger partial charge in [-0.15, -0.1) is 0 Å². The van der Waals surface area contributed by atoms with E-state index in [0.717, 1.165) is 11.3 Å². The average molecular weight is 272 g/mol. The summed E-state index contributed by atoms with van der Waals surface area (Å²) in [5.74, 6) is 0.660. The van der Waals surface area contributed by atoms with E-state index in [1.807, 2.05) is 36.5 Å². The number of hydrogen-bond acceptors (Lipinski definition) is 5. The van der Waals surface area contributed by atoms with Crippen LogP contribution in [0.4, 0.5) is 5.69 Å². The van der Waals surface area contributed by atoms with Crippen LogP contribution in [-0.4, -0.2) is 28.1 Å². The highest BCUT2D eigenvalue weighted by atomic mass is 16.5. The molecule has 104 valence electrons. The third kappa shape index (κ3) is 4.00. The summed E-state index contributed by atoms with van der Waals surface area (Å²) < 4.78 is 6.94. The summed E-state index contributed by atoms with van der Waals surface area (Å²) in [4.78, 5) is 0. The summed E-state index contributed by atoms with van der Waals surface area (Å²) in [5, 5.41) is 24.7. The van der Waals surface area contributed by atoms with Crippen molar-refractivity contribution in [2.45, 2.75) is 13.1 Å². The second-order valence-electron chi connectivity index (χ2n) is 4.16. The fourth-order valence-electron chi connectivity index (χ4n) is 1.74. The molecule has 0 amide bonds. The highest BCUT2D eigenvalue weighted by molar-refractivity contribution is 5.48. The molecule has 0 saturated heterocycles. The maximum atomic E-state index is 8.82. The van der Waals surface area contributed by atoms with Gasteiger partial charge in [-0.25, -0.2) is 0 Å². The predicted octanol–water partition coefficient (Wildman–Crippen LogP) is 1.39. The van der Waals surface area contributed by atoms with E-state index in [1.165, 1.54) is 0 Å². The molecule has 2 N–H and O–H groups in total. The molecule has 1 aromatic carbocycles. The van der Waals surface area contributed by atoms with Gasteiger partial charge in [-0.05, 0) is 12.1 Å². The van der Waals surface area contributed by atoms with Crippen LogP contribution in [0.5, 0.6) is 5.75 Å². The van der Waals surface area contributed by atoms with Gasteiger partial charge in [0.25, 0.3) is 0 Å². The Morgan fingerprint density at radius 2 is 2.35 bits per heavy atom. The number of nitrogens with zero attached hydrogens (tertiary/aromatic N) is 3. The van der Waals surface area contributed by atoms with E-state index in [9.17, 15) is 0 Å². The third-order valence-electron chi connectivity index (χ3n) is 2.65. The zero-order valence-corrected chi connectivity index (χ0v) is 11.0. The van der Waals surface area contributed by atoms with Crippen LogP contribution in [0.2, 0.25) is 0 Å². The zero-order valence-electron chi connectivity index (χ0n) is 11.0. The SMILES string of the molecule is N#CCOc1cccc(NCc2cnn(CCO)c2)c1. The summed E-state index contributed by atoms with van der Waals surface area (Å²) in [7, 11) is 0. The number of aliphatic hydroxyl groups excluding tert-OH is 1. The van der Waals surface area contributed by atoms with Crippen LogP contribution in [0.3, 0.4) is 0 Å². The molecule has 0 unspecified atom stereocenters. The molecule has 2 aromatic rings. The highest BCUT2D eigenvalue weighted by Crippen LogP contribution is 2.17. The van der Waals surface area contributed by atoms with Crippen molar-refractivity contribution in [2.24, 2.45) is 0 Å². The number of aromatic nitrogens is 2. The number of nitriles is 1. The van der Waals surface area contributed by atoms with Crippen molar-refractivity contribution in [2.75, 3.05) is 18.5 Å². The molecular formula is C14H16N4O2. The summed E-state index contributed by atoms with van der Waals surface area (Å²) in [6.45, 7) is 1.24. The molecular weight excluding hydrogens is 256 g/mol. The number of nitrogens with one attached hydrogen (secondary N) is 1. The van der Waals surface area contributed by atoms with Crippen molar-refractivity contribution in [1.82, 2.24) is 9.78 Å². The molecule has 6 heteroatoms. The Labute approximate surface area is 117 Å². The Morgan fingerprint density at radius 1 is 1.45 bits per heavy atom. The van der Waals surface area contributed by atoms with Gasteiger partial charge >= 0.3 is 0 Å². The van der Waals surface area contributed by atoms with Crippen LogP contribution in [0.25, 0.3) is 0 Å². The van der Waals surface area contributed by atoms with Crippen LogP contribution in [-0.2, 0) is 13.1 Å². The lowest BCUT2D eigenvalue weighted by atomic mass is 10.3. The maximum Gasteiger partial charge on any atom is 0.174 e. The number of ether oxygens (including phenoxy) is 1. The first-order chi connectivity index (χ1) is 9.81. The largest absolute Gasteiger partial charge is 0.479 e. The Kier molecular flexibility index (Phi) is 4.98. The van der Waals surface area contributed by atoms with E-state index in [-0.39, 0.29) is 13.2 Å². The molecule has 2 rings (SSSR count). The third-order valence-corrected chi connectivity index (χ3v) is 2.65. The summed E-state index contributed by atoms with van der Waals surface area (Å²) in [5.41, 5.74) is 1.94. The lowest BCUT2D eigenvalue weighted by Crippen LogP contribution is -2.02. The fraction of sp³-hybridized carbons (Fsp3) is 0.286. The zero-order chi connectivity index (χ0) is 14.2. The minimum absolute atomic E-state index is 0.0391. The van der Waals surface area contributed by atoms with Crippen molar-refractivity contribution in [1.29, 1.82) is 5.26 Å². The van der Waals surface area contributed by atoms with Crippen LogP contribution in [0.15, 0.2) is 36.7 Å². The molecule has 0 fully saturated rings. The minimum atomic E-state index is 0.0391. The van der Waals surface area contributed by atoms with E-state index in [2.05, 4.69) is 10.4 Å². The van der Waals surface area contributed by atoms with E-state index in [1.54, 1.807) is 10.9 Å². The first-order valence-electron chi connectivity index (χ1n) is 6.27. The van der Waals surface area contributed by atoms with Crippen molar-refractivity contribution in [3.8, 4) is 11.8 Å². The second-order valence-corrected chi connectivity index (χ2v) is 4.16. The van der Waals surface area contributed by atoms with Gasteiger partial charge in [0.05, 0.1) is 19.3 Å². The van der Waals surface area contributed by atoms with E-state index in [4.69, 9.17) is 15.1 Å². The quantitative estimate of drug-likeness (QED) is 0.795. The second kappa shape index (κ2) is 7.16. The molecule has 0 aliphatic carbocycles. The molecule has 0 saturated carbocycles. The van der Waals surface area contributed by atoms with Crippen LogP contribution in [0.1, 0.15) is 5.56 Å². The lowest BCUT2D eigenvalue weighted by molar-refractivity contribution is 0.269. The number of rotatable bonds is 7. The summed E-state index contributed by atoms with van der Waals surface area (Å²) >= 11 is 0. The topological polar surface area (TPSA) is 83.1 Å². The van der Waals surface area contributed by atoms with Crippen LogP contribution < -0.4 is 10.1 Å². The Bertz CT molecular complexity index is 589. The van der Waals surface area contributed by atoms with Gasteiger partial charge in [-0.1, -0.05) is 6.07 Å². The predicted molar refractivity (Wildman–Crippen MR) is 74.2 cm³/mol. The molecule has 0 aliphatic rings. The normalized spacial score (nSPS) is 10.0. The Balaban J connectivity index is 1.91. The first-order valence-corrected chi connectivity index (χ1v) is 6.27. The van der Waals surface area contributed by atoms with Crippen LogP contribution in [0, 0.1) is 11.3 Å². The van der Waals surface area contributed by atoms with E-state index >= 15 is 0 Å². The number of anilines is 1. The van der Waals surface area contributed by atoms with Gasteiger partial charge in [0, 0.05) is 30.1 Å². The van der Waals surface area contributed by atoms with Gasteiger partial charge in [-0.2, -0.15) is 10.4 Å². The summed E-state index contributed by atoms with van der Waals surface area (Å²) in [6.07, 6.45) is 3.65. The standard InChI is InChI=1S/C14H16N4O2/c15-4-7-20-14-3-1-2-13(8-14)16-9-12-10-17-18(11-12)5-6-19/h1-3,8,10-11,16,19H,5-7,9H2. The van der Waals surface area contributed by atoms with Crippen LogP contribution >= 0.6 is 0 Å². The molecule has 0 radical (unpaired) electrons. The Morgan fingerprint density at radius 3 is 3.15 bits per heavy atom. The fourth-order valence-corrected chi connectivity index (χ4v) is 1.74. The van der Waals surface area contributed by atoms with Crippen molar-refractivity contribution >= 4 is 5.69 Å². The van der Waals surface area contributed by atoms with Gasteiger partial charge < -0.3 is 15.2 Å². The number of benzene rings is 1. The van der Waals surface area contributed by atoms with E-state index in [0.29, 0.717) is 18.8 Å². The number of hydrogen-bond donors (Lipinski definition) is 2. The molecule has 0 spiro atoms.